The maximum atomic E-state index is 11.5. The van der Waals surface area contributed by atoms with Crippen molar-refractivity contribution in [2.75, 3.05) is 0 Å². The maximum Gasteiger partial charge on any atom is 0.126 e. The summed E-state index contributed by atoms with van der Waals surface area (Å²) >= 11 is 1.67. The van der Waals surface area contributed by atoms with Crippen LogP contribution in [0.5, 0.6) is 0 Å². The fourth-order valence-corrected chi connectivity index (χ4v) is 5.84. The first kappa shape index (κ1) is 12.8. The molecule has 2 aliphatic carbocycles. The number of nitrogens with zero attached hydrogens (tertiary/aromatic N) is 1. The molecule has 2 saturated carbocycles. The second-order valence-corrected chi connectivity index (χ2v) is 8.37. The van der Waals surface area contributed by atoms with Gasteiger partial charge in [0, 0.05) is 5.41 Å². The van der Waals surface area contributed by atoms with Crippen molar-refractivity contribution in [3.05, 3.63) is 29.3 Å². The van der Waals surface area contributed by atoms with Gasteiger partial charge in [0.15, 0.2) is 0 Å². The molecule has 3 heteroatoms. The Balaban J connectivity index is 1.89. The van der Waals surface area contributed by atoms with Gasteiger partial charge in [-0.05, 0) is 42.7 Å². The Morgan fingerprint density at radius 2 is 2.00 bits per heavy atom. The molecule has 0 amide bonds. The lowest BCUT2D eigenvalue weighted by Crippen LogP contribution is -2.44. The summed E-state index contributed by atoms with van der Waals surface area (Å²) in [4.78, 5) is 4.76. The van der Waals surface area contributed by atoms with Crippen LogP contribution in [0.15, 0.2) is 24.3 Å². The zero-order chi connectivity index (χ0) is 14.2. The summed E-state index contributed by atoms with van der Waals surface area (Å²) in [5.41, 5.74) is 0.409. The third kappa shape index (κ3) is 1.26. The molecule has 1 aromatic carbocycles. The number of rotatable bonds is 1. The van der Waals surface area contributed by atoms with Crippen LogP contribution in [-0.4, -0.2) is 10.1 Å². The topological polar surface area (TPSA) is 33.1 Å². The molecule has 106 valence electrons. The molecule has 0 saturated heterocycles. The zero-order valence-corrected chi connectivity index (χ0v) is 13.1. The minimum absolute atomic E-state index is 0.0570. The molecule has 2 aromatic rings. The van der Waals surface area contributed by atoms with Gasteiger partial charge in [-0.3, -0.25) is 0 Å². The van der Waals surface area contributed by atoms with Crippen molar-refractivity contribution >= 4 is 21.6 Å². The molecule has 3 atom stereocenters. The maximum absolute atomic E-state index is 11.5. The molecule has 0 radical (unpaired) electrons. The lowest BCUT2D eigenvalue weighted by Gasteiger charge is -2.44. The summed E-state index contributed by atoms with van der Waals surface area (Å²) in [6.07, 6.45) is 3.23. The number of benzene rings is 1. The summed E-state index contributed by atoms with van der Waals surface area (Å²) < 4.78 is 1.18. The summed E-state index contributed by atoms with van der Waals surface area (Å²) in [7, 11) is 0. The molecule has 2 aliphatic rings. The smallest absolute Gasteiger partial charge is 0.126 e. The number of para-hydroxylation sites is 1. The predicted molar refractivity (Wildman–Crippen MR) is 82.7 cm³/mol. The average Bonchev–Trinajstić information content (AvgIpc) is 2.98. The monoisotopic (exact) mass is 287 g/mol. The van der Waals surface area contributed by atoms with Gasteiger partial charge in [-0.2, -0.15) is 0 Å². The first-order valence-electron chi connectivity index (χ1n) is 7.47. The quantitative estimate of drug-likeness (QED) is 0.847. The number of fused-ring (bicyclic) bond motifs is 3. The number of hydrogen-bond donors (Lipinski definition) is 1. The molecule has 1 aromatic heterocycles. The molecule has 1 N–H and O–H groups in total. The molecule has 20 heavy (non-hydrogen) atoms. The molecular weight excluding hydrogens is 266 g/mol. The SMILES string of the molecule is CC1(C)[C@H]2CC[C@]1(C)[C@](O)(c1nc3ccccc3s1)C2. The summed E-state index contributed by atoms with van der Waals surface area (Å²) in [5, 5.41) is 12.4. The van der Waals surface area contributed by atoms with Crippen LogP contribution in [0, 0.1) is 16.7 Å². The first-order chi connectivity index (χ1) is 9.38. The van der Waals surface area contributed by atoms with Gasteiger partial charge in [-0.25, -0.2) is 4.98 Å². The van der Waals surface area contributed by atoms with Crippen LogP contribution in [0.4, 0.5) is 0 Å². The number of hydrogen-bond acceptors (Lipinski definition) is 3. The van der Waals surface area contributed by atoms with Gasteiger partial charge in [0.25, 0.3) is 0 Å². The predicted octanol–water partition coefficient (Wildman–Crippen LogP) is 4.33. The number of aliphatic hydroxyl groups is 1. The van der Waals surface area contributed by atoms with Crippen LogP contribution in [0.25, 0.3) is 10.2 Å². The third-order valence-corrected chi connectivity index (χ3v) is 7.73. The molecular formula is C17H21NOS. The van der Waals surface area contributed by atoms with Gasteiger partial charge in [0.2, 0.25) is 0 Å². The largest absolute Gasteiger partial charge is 0.382 e. The number of thiazole rings is 1. The standard InChI is InChI=1S/C17H21NOS/c1-15(2)11-8-9-16(15,3)17(19,10-11)14-18-12-6-4-5-7-13(12)20-14/h4-7,11,19H,8-10H2,1-3H3/t11-,16-,17+/m0/s1. The Kier molecular flexibility index (Phi) is 2.32. The average molecular weight is 287 g/mol. The van der Waals surface area contributed by atoms with Gasteiger partial charge < -0.3 is 5.11 Å². The zero-order valence-electron chi connectivity index (χ0n) is 12.3. The van der Waals surface area contributed by atoms with Crippen molar-refractivity contribution < 1.29 is 5.11 Å². The van der Waals surface area contributed by atoms with Gasteiger partial charge in [0.05, 0.1) is 10.2 Å². The highest BCUT2D eigenvalue weighted by Gasteiger charge is 2.69. The van der Waals surface area contributed by atoms with E-state index < -0.39 is 5.60 Å². The van der Waals surface area contributed by atoms with Crippen LogP contribution in [-0.2, 0) is 5.60 Å². The Hall–Kier alpha value is -0.930. The Bertz CT molecular complexity index is 658. The van der Waals surface area contributed by atoms with E-state index >= 15 is 0 Å². The molecule has 0 aliphatic heterocycles. The van der Waals surface area contributed by atoms with E-state index in [1.807, 2.05) is 18.2 Å². The minimum Gasteiger partial charge on any atom is -0.382 e. The molecule has 4 rings (SSSR count). The van der Waals surface area contributed by atoms with Gasteiger partial charge in [0.1, 0.15) is 10.6 Å². The van der Waals surface area contributed by atoms with E-state index in [0.29, 0.717) is 5.92 Å². The highest BCUT2D eigenvalue weighted by molar-refractivity contribution is 7.18. The van der Waals surface area contributed by atoms with E-state index in [4.69, 9.17) is 4.98 Å². The third-order valence-electron chi connectivity index (χ3n) is 6.54. The van der Waals surface area contributed by atoms with Crippen molar-refractivity contribution in [2.24, 2.45) is 16.7 Å². The summed E-state index contributed by atoms with van der Waals surface area (Å²) in [5.74, 6) is 0.615. The normalized spacial score (nSPS) is 38.7. The van der Waals surface area contributed by atoms with Crippen LogP contribution in [0.1, 0.15) is 45.0 Å². The highest BCUT2D eigenvalue weighted by atomic mass is 32.1. The van der Waals surface area contributed by atoms with E-state index in [2.05, 4.69) is 26.8 Å². The fourth-order valence-electron chi connectivity index (χ4n) is 4.65. The van der Waals surface area contributed by atoms with E-state index in [1.165, 1.54) is 11.1 Å². The van der Waals surface area contributed by atoms with Crippen molar-refractivity contribution in [2.45, 2.75) is 45.6 Å². The van der Waals surface area contributed by atoms with Crippen molar-refractivity contribution in [1.82, 2.24) is 4.98 Å². The lowest BCUT2D eigenvalue weighted by molar-refractivity contribution is -0.0956. The minimum atomic E-state index is -0.747. The molecule has 0 spiro atoms. The Morgan fingerprint density at radius 1 is 1.25 bits per heavy atom. The first-order valence-corrected chi connectivity index (χ1v) is 8.29. The summed E-state index contributed by atoms with van der Waals surface area (Å²) in [6.45, 7) is 6.93. The van der Waals surface area contributed by atoms with Gasteiger partial charge >= 0.3 is 0 Å². The van der Waals surface area contributed by atoms with Gasteiger partial charge in [-0.1, -0.05) is 32.9 Å². The lowest BCUT2D eigenvalue weighted by atomic mass is 9.64. The molecule has 2 bridgehead atoms. The van der Waals surface area contributed by atoms with E-state index in [0.717, 1.165) is 23.4 Å². The van der Waals surface area contributed by atoms with E-state index in [-0.39, 0.29) is 10.8 Å². The summed E-state index contributed by atoms with van der Waals surface area (Å²) in [6, 6.07) is 8.20. The van der Waals surface area contributed by atoms with E-state index in [1.54, 1.807) is 11.3 Å². The van der Waals surface area contributed by atoms with Crippen molar-refractivity contribution in [1.29, 1.82) is 0 Å². The Morgan fingerprint density at radius 3 is 2.60 bits per heavy atom. The van der Waals surface area contributed by atoms with Gasteiger partial charge in [-0.15, -0.1) is 11.3 Å². The Labute approximate surface area is 123 Å². The molecule has 0 unspecified atom stereocenters. The highest BCUT2D eigenvalue weighted by Crippen LogP contribution is 2.72. The van der Waals surface area contributed by atoms with Crippen LogP contribution >= 0.6 is 11.3 Å². The van der Waals surface area contributed by atoms with Crippen LogP contribution in [0.2, 0.25) is 0 Å². The van der Waals surface area contributed by atoms with Crippen LogP contribution < -0.4 is 0 Å². The second kappa shape index (κ2) is 3.63. The van der Waals surface area contributed by atoms with Crippen molar-refractivity contribution in [3.63, 3.8) is 0 Å². The molecule has 2 nitrogen and oxygen atoms in total. The molecule has 2 fully saturated rings. The second-order valence-electron chi connectivity index (χ2n) is 7.34. The number of aromatic nitrogens is 1. The fraction of sp³-hybridized carbons (Fsp3) is 0.588. The van der Waals surface area contributed by atoms with Crippen LogP contribution in [0.3, 0.4) is 0 Å². The molecule has 1 heterocycles. The van der Waals surface area contributed by atoms with Crippen molar-refractivity contribution in [3.8, 4) is 0 Å². The van der Waals surface area contributed by atoms with E-state index in [9.17, 15) is 5.11 Å².